The first-order valence-electron chi connectivity index (χ1n) is 5.05. The minimum atomic E-state index is -0.435. The van der Waals surface area contributed by atoms with Crippen molar-refractivity contribution in [1.29, 1.82) is 5.26 Å². The standard InChI is InChI=1S/C12H12N2O3/c1-10(15)17-8-7-14(9-13)12(16)11-5-3-2-4-6-11/h2-6H,7-8H2,1H3. The van der Waals surface area contributed by atoms with Crippen LogP contribution in [-0.4, -0.2) is 29.9 Å². The van der Waals surface area contributed by atoms with Gasteiger partial charge in [-0.3, -0.25) is 9.59 Å². The average Bonchev–Trinajstić information content (AvgIpc) is 2.34. The second kappa shape index (κ2) is 6.28. The van der Waals surface area contributed by atoms with E-state index in [-0.39, 0.29) is 13.2 Å². The molecule has 0 spiro atoms. The molecule has 0 heterocycles. The van der Waals surface area contributed by atoms with Gasteiger partial charge in [0.1, 0.15) is 6.61 Å². The van der Waals surface area contributed by atoms with E-state index in [1.807, 2.05) is 0 Å². The predicted octanol–water partition coefficient (Wildman–Crippen LogP) is 1.17. The summed E-state index contributed by atoms with van der Waals surface area (Å²) in [6.07, 6.45) is 1.77. The molecule has 0 aliphatic heterocycles. The Hall–Kier alpha value is -2.35. The molecule has 0 radical (unpaired) electrons. The molecule has 0 aromatic heterocycles. The van der Waals surface area contributed by atoms with Crippen LogP contribution in [0.4, 0.5) is 0 Å². The summed E-state index contributed by atoms with van der Waals surface area (Å²) < 4.78 is 4.68. The third-order valence-electron chi connectivity index (χ3n) is 2.01. The maximum absolute atomic E-state index is 11.8. The highest BCUT2D eigenvalue weighted by Gasteiger charge is 2.14. The van der Waals surface area contributed by atoms with Gasteiger partial charge in [-0.25, -0.2) is 4.90 Å². The van der Waals surface area contributed by atoms with Crippen LogP contribution in [-0.2, 0) is 9.53 Å². The third-order valence-corrected chi connectivity index (χ3v) is 2.01. The summed E-state index contributed by atoms with van der Waals surface area (Å²) in [4.78, 5) is 23.3. The lowest BCUT2D eigenvalue weighted by atomic mass is 10.2. The summed E-state index contributed by atoms with van der Waals surface area (Å²) in [5.41, 5.74) is 0.428. The van der Waals surface area contributed by atoms with E-state index in [1.165, 1.54) is 6.92 Å². The number of carbonyl (C=O) groups excluding carboxylic acids is 2. The van der Waals surface area contributed by atoms with E-state index in [0.29, 0.717) is 5.56 Å². The van der Waals surface area contributed by atoms with E-state index >= 15 is 0 Å². The normalized spacial score (nSPS) is 9.18. The first kappa shape index (κ1) is 12.7. The van der Waals surface area contributed by atoms with Gasteiger partial charge >= 0.3 is 5.97 Å². The molecule has 1 amide bonds. The molecule has 0 aliphatic rings. The van der Waals surface area contributed by atoms with Crippen LogP contribution < -0.4 is 0 Å². The molecule has 0 atom stereocenters. The topological polar surface area (TPSA) is 70.4 Å². The molecule has 0 saturated heterocycles. The van der Waals surface area contributed by atoms with Crippen molar-refractivity contribution in [2.75, 3.05) is 13.2 Å². The third kappa shape index (κ3) is 3.95. The van der Waals surface area contributed by atoms with Gasteiger partial charge in [0, 0.05) is 12.5 Å². The van der Waals surface area contributed by atoms with Crippen LogP contribution in [0.2, 0.25) is 0 Å². The summed E-state index contributed by atoms with van der Waals surface area (Å²) in [5, 5.41) is 8.84. The molecule has 5 nitrogen and oxygen atoms in total. The van der Waals surface area contributed by atoms with E-state index in [9.17, 15) is 9.59 Å². The Bertz CT molecular complexity index is 437. The molecule has 0 unspecified atom stereocenters. The fourth-order valence-corrected chi connectivity index (χ4v) is 1.21. The molecule has 0 aliphatic carbocycles. The van der Waals surface area contributed by atoms with E-state index in [1.54, 1.807) is 36.5 Å². The van der Waals surface area contributed by atoms with Crippen molar-refractivity contribution in [2.45, 2.75) is 6.92 Å². The fourth-order valence-electron chi connectivity index (χ4n) is 1.21. The van der Waals surface area contributed by atoms with Crippen molar-refractivity contribution in [3.05, 3.63) is 35.9 Å². The zero-order valence-electron chi connectivity index (χ0n) is 9.42. The molecule has 0 N–H and O–H groups in total. The lowest BCUT2D eigenvalue weighted by Crippen LogP contribution is -2.30. The first-order chi connectivity index (χ1) is 8.15. The monoisotopic (exact) mass is 232 g/mol. The molecule has 1 aromatic carbocycles. The second-order valence-corrected chi connectivity index (χ2v) is 3.26. The zero-order valence-corrected chi connectivity index (χ0v) is 9.42. The lowest BCUT2D eigenvalue weighted by Gasteiger charge is -2.13. The molecule has 0 saturated carbocycles. The Balaban J connectivity index is 2.60. The number of carbonyl (C=O) groups is 2. The smallest absolute Gasteiger partial charge is 0.302 e. The molecule has 0 bridgehead atoms. The summed E-state index contributed by atoms with van der Waals surface area (Å²) in [6, 6.07) is 8.47. The number of benzene rings is 1. The van der Waals surface area contributed by atoms with Gasteiger partial charge in [0.05, 0.1) is 6.54 Å². The van der Waals surface area contributed by atoms with Crippen LogP contribution in [0.15, 0.2) is 30.3 Å². The van der Waals surface area contributed by atoms with Crippen molar-refractivity contribution in [2.24, 2.45) is 0 Å². The van der Waals surface area contributed by atoms with Crippen molar-refractivity contribution >= 4 is 11.9 Å². The van der Waals surface area contributed by atoms with Gasteiger partial charge in [0.25, 0.3) is 5.91 Å². The first-order valence-corrected chi connectivity index (χ1v) is 5.05. The molecular weight excluding hydrogens is 220 g/mol. The summed E-state index contributed by atoms with van der Waals surface area (Å²) in [6.45, 7) is 1.35. The number of rotatable bonds is 4. The van der Waals surface area contributed by atoms with Gasteiger partial charge in [0.2, 0.25) is 0 Å². The quantitative estimate of drug-likeness (QED) is 0.444. The van der Waals surface area contributed by atoms with Crippen molar-refractivity contribution < 1.29 is 14.3 Å². The Labute approximate surface area is 99.2 Å². The van der Waals surface area contributed by atoms with Gasteiger partial charge in [0.15, 0.2) is 6.19 Å². The number of nitriles is 1. The minimum absolute atomic E-state index is 0.0153. The Morgan fingerprint density at radius 1 is 1.35 bits per heavy atom. The molecule has 17 heavy (non-hydrogen) atoms. The summed E-state index contributed by atoms with van der Waals surface area (Å²) >= 11 is 0. The minimum Gasteiger partial charge on any atom is -0.464 e. The molecular formula is C12H12N2O3. The van der Waals surface area contributed by atoms with E-state index in [2.05, 4.69) is 4.74 Å². The van der Waals surface area contributed by atoms with Crippen LogP contribution >= 0.6 is 0 Å². The molecule has 1 rings (SSSR count). The summed E-state index contributed by atoms with van der Waals surface area (Å²) in [5.74, 6) is -0.838. The number of amides is 1. The molecule has 1 aromatic rings. The van der Waals surface area contributed by atoms with Gasteiger partial charge in [-0.2, -0.15) is 5.26 Å². The maximum Gasteiger partial charge on any atom is 0.302 e. The highest BCUT2D eigenvalue weighted by atomic mass is 16.5. The summed E-state index contributed by atoms with van der Waals surface area (Å²) in [7, 11) is 0. The van der Waals surface area contributed by atoms with E-state index in [4.69, 9.17) is 5.26 Å². The van der Waals surface area contributed by atoms with Gasteiger partial charge < -0.3 is 4.74 Å². The van der Waals surface area contributed by atoms with Crippen molar-refractivity contribution in [3.8, 4) is 6.19 Å². The number of hydrogen-bond acceptors (Lipinski definition) is 4. The Morgan fingerprint density at radius 3 is 2.53 bits per heavy atom. The molecule has 5 heteroatoms. The maximum atomic E-state index is 11.8. The van der Waals surface area contributed by atoms with Crippen molar-refractivity contribution in [3.63, 3.8) is 0 Å². The highest BCUT2D eigenvalue weighted by molar-refractivity contribution is 5.95. The largest absolute Gasteiger partial charge is 0.464 e. The second-order valence-electron chi connectivity index (χ2n) is 3.26. The van der Waals surface area contributed by atoms with Crippen LogP contribution in [0.25, 0.3) is 0 Å². The van der Waals surface area contributed by atoms with Crippen LogP contribution in [0, 0.1) is 11.5 Å². The molecule has 0 fully saturated rings. The van der Waals surface area contributed by atoms with Gasteiger partial charge in [-0.05, 0) is 12.1 Å². The van der Waals surface area contributed by atoms with Crippen LogP contribution in [0.1, 0.15) is 17.3 Å². The van der Waals surface area contributed by atoms with Crippen LogP contribution in [0.5, 0.6) is 0 Å². The number of hydrogen-bond donors (Lipinski definition) is 0. The SMILES string of the molecule is CC(=O)OCCN(C#N)C(=O)c1ccccc1. The van der Waals surface area contributed by atoms with E-state index < -0.39 is 11.9 Å². The number of nitrogens with zero attached hydrogens (tertiary/aromatic N) is 2. The zero-order chi connectivity index (χ0) is 12.7. The Morgan fingerprint density at radius 2 is 2.00 bits per heavy atom. The fraction of sp³-hybridized carbons (Fsp3) is 0.250. The predicted molar refractivity (Wildman–Crippen MR) is 59.7 cm³/mol. The van der Waals surface area contributed by atoms with Crippen molar-refractivity contribution in [1.82, 2.24) is 4.90 Å². The lowest BCUT2D eigenvalue weighted by molar-refractivity contribution is -0.141. The highest BCUT2D eigenvalue weighted by Crippen LogP contribution is 2.03. The Kier molecular flexibility index (Phi) is 4.70. The van der Waals surface area contributed by atoms with E-state index in [0.717, 1.165) is 4.90 Å². The average molecular weight is 232 g/mol. The number of esters is 1. The van der Waals surface area contributed by atoms with Gasteiger partial charge in [-0.1, -0.05) is 18.2 Å². The number of ether oxygens (including phenoxy) is 1. The van der Waals surface area contributed by atoms with Crippen LogP contribution in [0.3, 0.4) is 0 Å². The van der Waals surface area contributed by atoms with Gasteiger partial charge in [-0.15, -0.1) is 0 Å². The molecule has 88 valence electrons.